The van der Waals surface area contributed by atoms with E-state index in [9.17, 15) is 10.2 Å². The van der Waals surface area contributed by atoms with Crippen LogP contribution < -0.4 is 4.74 Å². The molecule has 2 N–H and O–H groups in total. The second-order valence-electron chi connectivity index (χ2n) is 7.06. The molecule has 0 radical (unpaired) electrons. The zero-order valence-corrected chi connectivity index (χ0v) is 16.5. The summed E-state index contributed by atoms with van der Waals surface area (Å²) in [4.78, 5) is 1.18. The molecule has 0 amide bonds. The maximum atomic E-state index is 10.1. The summed E-state index contributed by atoms with van der Waals surface area (Å²) in [6.45, 7) is 0.676. The van der Waals surface area contributed by atoms with Gasteiger partial charge in [-0.25, -0.2) is 0 Å². The van der Waals surface area contributed by atoms with E-state index in [1.807, 2.05) is 30.0 Å². The van der Waals surface area contributed by atoms with Crippen molar-refractivity contribution in [3.63, 3.8) is 0 Å². The monoisotopic (exact) mass is 406 g/mol. The first kappa shape index (κ1) is 19.1. The van der Waals surface area contributed by atoms with Gasteiger partial charge < -0.3 is 19.7 Å². The molecule has 0 spiro atoms. The van der Waals surface area contributed by atoms with E-state index in [1.165, 1.54) is 10.5 Å². The van der Waals surface area contributed by atoms with Crippen LogP contribution in [0.5, 0.6) is 5.75 Å². The van der Waals surface area contributed by atoms with Gasteiger partial charge in [-0.15, -0.1) is 11.8 Å². The third-order valence-electron chi connectivity index (χ3n) is 5.02. The van der Waals surface area contributed by atoms with Gasteiger partial charge in [0.25, 0.3) is 0 Å². The van der Waals surface area contributed by atoms with Crippen molar-refractivity contribution in [2.45, 2.75) is 42.5 Å². The lowest BCUT2D eigenvalue weighted by molar-refractivity contribution is -0.113. The Morgan fingerprint density at radius 1 is 1.15 bits per heavy atom. The molecule has 2 heterocycles. The van der Waals surface area contributed by atoms with Gasteiger partial charge >= 0.3 is 0 Å². The van der Waals surface area contributed by atoms with Crippen LogP contribution in [-0.2, 0) is 11.2 Å². The molecule has 3 unspecified atom stereocenters. The van der Waals surface area contributed by atoms with Gasteiger partial charge in [0.05, 0.1) is 31.5 Å². The molecule has 4 nitrogen and oxygen atoms in total. The van der Waals surface area contributed by atoms with E-state index in [-0.39, 0.29) is 18.8 Å². The van der Waals surface area contributed by atoms with E-state index in [0.29, 0.717) is 12.8 Å². The van der Waals surface area contributed by atoms with Gasteiger partial charge in [0, 0.05) is 28.5 Å². The average molecular weight is 407 g/mol. The van der Waals surface area contributed by atoms with E-state index in [0.717, 1.165) is 40.7 Å². The Labute approximate surface area is 168 Å². The lowest BCUT2D eigenvalue weighted by atomic mass is 9.94. The first-order chi connectivity index (χ1) is 13.1. The van der Waals surface area contributed by atoms with Gasteiger partial charge in [0.2, 0.25) is 0 Å². The minimum atomic E-state index is -0.460. The standard InChI is InChI=1S/C21H23ClO4S/c22-18-3-2-14(20-11-16(24)10-17(12-23)26-20)9-15(18)7-13-1-4-19-21(8-13)27-6-5-25-19/h1-4,8-9,16-17,20,23-24H,5-7,10-12H2. The highest BCUT2D eigenvalue weighted by Gasteiger charge is 2.29. The Morgan fingerprint density at radius 3 is 2.89 bits per heavy atom. The first-order valence-corrected chi connectivity index (χ1v) is 10.6. The number of thioether (sulfide) groups is 1. The zero-order chi connectivity index (χ0) is 18.8. The van der Waals surface area contributed by atoms with Gasteiger partial charge in [0.1, 0.15) is 5.75 Å². The zero-order valence-electron chi connectivity index (χ0n) is 14.9. The van der Waals surface area contributed by atoms with E-state index >= 15 is 0 Å². The average Bonchev–Trinajstić information content (AvgIpc) is 2.69. The van der Waals surface area contributed by atoms with Crippen LogP contribution >= 0.6 is 23.4 Å². The SMILES string of the molecule is OCC1CC(O)CC(c2ccc(Cl)c(Cc3ccc4c(c3)SCCO4)c2)O1. The molecule has 1 saturated heterocycles. The topological polar surface area (TPSA) is 58.9 Å². The minimum absolute atomic E-state index is 0.0805. The van der Waals surface area contributed by atoms with Gasteiger partial charge in [-0.05, 0) is 41.3 Å². The van der Waals surface area contributed by atoms with Crippen LogP contribution in [0.3, 0.4) is 0 Å². The lowest BCUT2D eigenvalue weighted by Crippen LogP contribution is -2.33. The molecule has 1 fully saturated rings. The molecule has 0 aromatic heterocycles. The predicted molar refractivity (Wildman–Crippen MR) is 107 cm³/mol. The number of hydrogen-bond donors (Lipinski definition) is 2. The number of rotatable bonds is 4. The summed E-state index contributed by atoms with van der Waals surface area (Å²) < 4.78 is 11.6. The smallest absolute Gasteiger partial charge is 0.132 e. The van der Waals surface area contributed by atoms with E-state index < -0.39 is 6.10 Å². The van der Waals surface area contributed by atoms with Crippen molar-refractivity contribution in [2.24, 2.45) is 0 Å². The Bertz CT molecular complexity index is 813. The minimum Gasteiger partial charge on any atom is -0.492 e. The Balaban J connectivity index is 1.56. The van der Waals surface area contributed by atoms with Crippen LogP contribution in [0.15, 0.2) is 41.3 Å². The van der Waals surface area contributed by atoms with Crippen molar-refractivity contribution in [3.8, 4) is 5.75 Å². The van der Waals surface area contributed by atoms with Crippen molar-refractivity contribution in [2.75, 3.05) is 19.0 Å². The van der Waals surface area contributed by atoms with Crippen LogP contribution in [-0.4, -0.2) is 41.4 Å². The first-order valence-electron chi connectivity index (χ1n) is 9.23. The van der Waals surface area contributed by atoms with Gasteiger partial charge in [-0.1, -0.05) is 29.8 Å². The molecule has 27 heavy (non-hydrogen) atoms. The molecule has 0 saturated carbocycles. The second kappa shape index (κ2) is 8.41. The van der Waals surface area contributed by atoms with E-state index in [2.05, 4.69) is 18.2 Å². The van der Waals surface area contributed by atoms with Crippen LogP contribution in [0.2, 0.25) is 5.02 Å². The van der Waals surface area contributed by atoms with Crippen molar-refractivity contribution < 1.29 is 19.7 Å². The fraction of sp³-hybridized carbons (Fsp3) is 0.429. The molecule has 144 valence electrons. The largest absolute Gasteiger partial charge is 0.492 e. The molecule has 2 aliphatic heterocycles. The van der Waals surface area contributed by atoms with E-state index in [1.54, 1.807) is 0 Å². The summed E-state index contributed by atoms with van der Waals surface area (Å²) in [5, 5.41) is 20.2. The summed E-state index contributed by atoms with van der Waals surface area (Å²) in [7, 11) is 0. The highest BCUT2D eigenvalue weighted by Crippen LogP contribution is 2.36. The highest BCUT2D eigenvalue weighted by atomic mass is 35.5. The van der Waals surface area contributed by atoms with Crippen molar-refractivity contribution in [1.82, 2.24) is 0 Å². The van der Waals surface area contributed by atoms with Crippen LogP contribution in [0.1, 0.15) is 35.6 Å². The summed E-state index contributed by atoms with van der Waals surface area (Å²) in [6.07, 6.45) is 0.717. The number of hydrogen-bond acceptors (Lipinski definition) is 5. The summed E-state index contributed by atoms with van der Waals surface area (Å²) >= 11 is 8.27. The molecule has 0 aliphatic carbocycles. The molecule has 2 aromatic carbocycles. The van der Waals surface area contributed by atoms with Crippen LogP contribution in [0.25, 0.3) is 0 Å². The van der Waals surface area contributed by atoms with Gasteiger partial charge in [0.15, 0.2) is 0 Å². The molecule has 3 atom stereocenters. The molecule has 6 heteroatoms. The molecule has 4 rings (SSSR count). The number of benzene rings is 2. The lowest BCUT2D eigenvalue weighted by Gasteiger charge is -2.32. The molecule has 2 aromatic rings. The fourth-order valence-corrected chi connectivity index (χ4v) is 4.75. The summed E-state index contributed by atoms with van der Waals surface area (Å²) in [5.74, 6) is 1.93. The van der Waals surface area contributed by atoms with Gasteiger partial charge in [-0.3, -0.25) is 0 Å². The maximum Gasteiger partial charge on any atom is 0.132 e. The van der Waals surface area contributed by atoms with Gasteiger partial charge in [-0.2, -0.15) is 0 Å². The number of halogens is 1. The maximum absolute atomic E-state index is 10.1. The molecule has 2 aliphatic rings. The predicted octanol–water partition coefficient (Wildman–Crippen LogP) is 3.99. The molecule has 0 bridgehead atoms. The van der Waals surface area contributed by atoms with Crippen molar-refractivity contribution in [1.29, 1.82) is 0 Å². The summed E-state index contributed by atoms with van der Waals surface area (Å²) in [5.41, 5.74) is 3.20. The summed E-state index contributed by atoms with van der Waals surface area (Å²) in [6, 6.07) is 12.2. The molecular weight excluding hydrogens is 384 g/mol. The Morgan fingerprint density at radius 2 is 2.04 bits per heavy atom. The fourth-order valence-electron chi connectivity index (χ4n) is 3.67. The van der Waals surface area contributed by atoms with Crippen LogP contribution in [0, 0.1) is 0 Å². The van der Waals surface area contributed by atoms with Crippen molar-refractivity contribution >= 4 is 23.4 Å². The number of ether oxygens (including phenoxy) is 2. The molecular formula is C21H23ClO4S. The normalized spacial score (nSPS) is 24.9. The number of fused-ring (bicyclic) bond motifs is 1. The highest BCUT2D eigenvalue weighted by molar-refractivity contribution is 7.99. The van der Waals surface area contributed by atoms with E-state index in [4.69, 9.17) is 21.1 Å². The number of aliphatic hydroxyl groups excluding tert-OH is 2. The van der Waals surface area contributed by atoms with Crippen LogP contribution in [0.4, 0.5) is 0 Å². The quantitative estimate of drug-likeness (QED) is 0.804. The van der Waals surface area contributed by atoms with Crippen molar-refractivity contribution in [3.05, 3.63) is 58.1 Å². The Hall–Kier alpha value is -1.24. The Kier molecular flexibility index (Phi) is 5.95. The third-order valence-corrected chi connectivity index (χ3v) is 6.39. The third kappa shape index (κ3) is 4.44. The second-order valence-corrected chi connectivity index (χ2v) is 8.60. The number of aliphatic hydroxyl groups is 2.